The molecule has 0 radical (unpaired) electrons. The molecule has 0 aliphatic heterocycles. The zero-order valence-corrected chi connectivity index (χ0v) is 11.3. The highest BCUT2D eigenvalue weighted by Crippen LogP contribution is 2.12. The van der Waals surface area contributed by atoms with E-state index in [0.29, 0.717) is 6.04 Å². The SMILES string of the molecule is Cc1ccc(CC(C)NCC(C)C)c(C)c1. The fourth-order valence-electron chi connectivity index (χ4n) is 1.91. The Morgan fingerprint density at radius 2 is 1.81 bits per heavy atom. The molecule has 90 valence electrons. The van der Waals surface area contributed by atoms with Crippen molar-refractivity contribution < 1.29 is 0 Å². The van der Waals surface area contributed by atoms with Crippen molar-refractivity contribution in [1.29, 1.82) is 0 Å². The fourth-order valence-corrected chi connectivity index (χ4v) is 1.91. The van der Waals surface area contributed by atoms with E-state index in [9.17, 15) is 0 Å². The van der Waals surface area contributed by atoms with Crippen molar-refractivity contribution in [2.75, 3.05) is 6.54 Å². The van der Waals surface area contributed by atoms with Gasteiger partial charge in [-0.05, 0) is 50.8 Å². The van der Waals surface area contributed by atoms with Gasteiger partial charge in [-0.15, -0.1) is 0 Å². The summed E-state index contributed by atoms with van der Waals surface area (Å²) in [7, 11) is 0. The molecule has 0 fully saturated rings. The van der Waals surface area contributed by atoms with Crippen LogP contribution in [0.2, 0.25) is 0 Å². The number of benzene rings is 1. The monoisotopic (exact) mass is 219 g/mol. The van der Waals surface area contributed by atoms with Crippen LogP contribution in [0.15, 0.2) is 18.2 Å². The van der Waals surface area contributed by atoms with Gasteiger partial charge in [-0.3, -0.25) is 0 Å². The Hall–Kier alpha value is -0.820. The van der Waals surface area contributed by atoms with Crippen molar-refractivity contribution in [2.45, 2.75) is 47.1 Å². The van der Waals surface area contributed by atoms with Crippen molar-refractivity contribution >= 4 is 0 Å². The summed E-state index contributed by atoms with van der Waals surface area (Å²) in [5, 5.41) is 3.57. The lowest BCUT2D eigenvalue weighted by Crippen LogP contribution is -2.31. The first-order valence-corrected chi connectivity index (χ1v) is 6.28. The minimum absolute atomic E-state index is 0.559. The van der Waals surface area contributed by atoms with E-state index < -0.39 is 0 Å². The number of hydrogen-bond donors (Lipinski definition) is 1. The number of nitrogens with one attached hydrogen (secondary N) is 1. The van der Waals surface area contributed by atoms with Gasteiger partial charge >= 0.3 is 0 Å². The van der Waals surface area contributed by atoms with Crippen LogP contribution in [0.4, 0.5) is 0 Å². The van der Waals surface area contributed by atoms with Gasteiger partial charge in [-0.25, -0.2) is 0 Å². The molecular formula is C15H25N. The molecule has 1 rings (SSSR count). The van der Waals surface area contributed by atoms with E-state index in [0.717, 1.165) is 18.9 Å². The molecule has 1 unspecified atom stereocenters. The summed E-state index contributed by atoms with van der Waals surface area (Å²) in [5.74, 6) is 0.724. The van der Waals surface area contributed by atoms with E-state index in [1.54, 1.807) is 0 Å². The van der Waals surface area contributed by atoms with E-state index in [-0.39, 0.29) is 0 Å². The predicted octanol–water partition coefficient (Wildman–Crippen LogP) is 3.48. The molecule has 0 spiro atoms. The van der Waals surface area contributed by atoms with E-state index >= 15 is 0 Å². The summed E-state index contributed by atoms with van der Waals surface area (Å²) in [4.78, 5) is 0. The van der Waals surface area contributed by atoms with Gasteiger partial charge in [0.15, 0.2) is 0 Å². The van der Waals surface area contributed by atoms with E-state index in [4.69, 9.17) is 0 Å². The van der Waals surface area contributed by atoms with Crippen LogP contribution in [0.3, 0.4) is 0 Å². The zero-order valence-electron chi connectivity index (χ0n) is 11.3. The highest BCUT2D eigenvalue weighted by atomic mass is 14.9. The maximum absolute atomic E-state index is 3.57. The zero-order chi connectivity index (χ0) is 12.1. The van der Waals surface area contributed by atoms with Crippen LogP contribution in [-0.4, -0.2) is 12.6 Å². The van der Waals surface area contributed by atoms with Crippen LogP contribution in [-0.2, 0) is 6.42 Å². The molecule has 1 nitrogen and oxygen atoms in total. The minimum Gasteiger partial charge on any atom is -0.314 e. The van der Waals surface area contributed by atoms with E-state index in [2.05, 4.69) is 58.1 Å². The molecule has 1 heteroatoms. The maximum atomic E-state index is 3.57. The van der Waals surface area contributed by atoms with Gasteiger partial charge in [0.25, 0.3) is 0 Å². The lowest BCUT2D eigenvalue weighted by molar-refractivity contribution is 0.481. The molecule has 0 aliphatic carbocycles. The molecule has 1 aromatic rings. The van der Waals surface area contributed by atoms with Gasteiger partial charge in [-0.2, -0.15) is 0 Å². The van der Waals surface area contributed by atoms with Crippen LogP contribution < -0.4 is 5.32 Å². The lowest BCUT2D eigenvalue weighted by Gasteiger charge is -2.17. The molecule has 16 heavy (non-hydrogen) atoms. The molecule has 0 aliphatic rings. The standard InChI is InChI=1S/C15H25N/c1-11(2)10-16-14(5)9-15-7-6-12(3)8-13(15)4/h6-8,11,14,16H,9-10H2,1-5H3. The first-order valence-electron chi connectivity index (χ1n) is 6.28. The topological polar surface area (TPSA) is 12.0 Å². The Balaban J connectivity index is 2.52. The average Bonchev–Trinajstić information content (AvgIpc) is 2.19. The summed E-state index contributed by atoms with van der Waals surface area (Å²) in [5.41, 5.74) is 4.23. The number of rotatable bonds is 5. The Morgan fingerprint density at radius 3 is 2.38 bits per heavy atom. The lowest BCUT2D eigenvalue weighted by atomic mass is 10.00. The Kier molecular flexibility index (Phi) is 5.01. The van der Waals surface area contributed by atoms with Gasteiger partial charge < -0.3 is 5.32 Å². The highest BCUT2D eigenvalue weighted by Gasteiger charge is 2.06. The van der Waals surface area contributed by atoms with Crippen LogP contribution in [0, 0.1) is 19.8 Å². The second kappa shape index (κ2) is 6.05. The number of hydrogen-bond acceptors (Lipinski definition) is 1. The summed E-state index contributed by atoms with van der Waals surface area (Å²) in [6.07, 6.45) is 1.12. The predicted molar refractivity (Wildman–Crippen MR) is 71.9 cm³/mol. The Labute approximate surface area is 100 Å². The minimum atomic E-state index is 0.559. The second-order valence-electron chi connectivity index (χ2n) is 5.34. The fraction of sp³-hybridized carbons (Fsp3) is 0.600. The van der Waals surface area contributed by atoms with Crippen LogP contribution in [0.25, 0.3) is 0 Å². The van der Waals surface area contributed by atoms with Crippen LogP contribution >= 0.6 is 0 Å². The highest BCUT2D eigenvalue weighted by molar-refractivity contribution is 5.30. The van der Waals surface area contributed by atoms with Crippen molar-refractivity contribution in [3.63, 3.8) is 0 Å². The maximum Gasteiger partial charge on any atom is 0.00793 e. The van der Waals surface area contributed by atoms with Crippen LogP contribution in [0.1, 0.15) is 37.5 Å². The Morgan fingerprint density at radius 1 is 1.12 bits per heavy atom. The van der Waals surface area contributed by atoms with Crippen molar-refractivity contribution in [1.82, 2.24) is 5.32 Å². The third kappa shape index (κ3) is 4.36. The Bertz CT molecular complexity index is 328. The van der Waals surface area contributed by atoms with E-state index in [1.807, 2.05) is 0 Å². The molecule has 0 amide bonds. The smallest absolute Gasteiger partial charge is 0.00793 e. The van der Waals surface area contributed by atoms with Crippen LogP contribution in [0.5, 0.6) is 0 Å². The van der Waals surface area contributed by atoms with Gasteiger partial charge in [-0.1, -0.05) is 37.6 Å². The molecule has 0 bridgehead atoms. The quantitative estimate of drug-likeness (QED) is 0.799. The van der Waals surface area contributed by atoms with E-state index in [1.165, 1.54) is 16.7 Å². The molecule has 0 aromatic heterocycles. The average molecular weight is 219 g/mol. The largest absolute Gasteiger partial charge is 0.314 e. The number of aryl methyl sites for hydroxylation is 2. The molecular weight excluding hydrogens is 194 g/mol. The third-order valence-corrected chi connectivity index (χ3v) is 2.90. The van der Waals surface area contributed by atoms with Crippen molar-refractivity contribution in [3.8, 4) is 0 Å². The first kappa shape index (κ1) is 13.2. The van der Waals surface area contributed by atoms with Crippen molar-refractivity contribution in [3.05, 3.63) is 34.9 Å². The summed E-state index contributed by atoms with van der Waals surface area (Å²) < 4.78 is 0. The summed E-state index contributed by atoms with van der Waals surface area (Å²) in [6.45, 7) is 12.2. The molecule has 0 saturated carbocycles. The normalized spacial score (nSPS) is 13.1. The molecule has 1 N–H and O–H groups in total. The molecule has 0 saturated heterocycles. The van der Waals surface area contributed by atoms with Gasteiger partial charge in [0.1, 0.15) is 0 Å². The second-order valence-corrected chi connectivity index (χ2v) is 5.34. The third-order valence-electron chi connectivity index (χ3n) is 2.90. The summed E-state index contributed by atoms with van der Waals surface area (Å²) in [6, 6.07) is 7.30. The van der Waals surface area contributed by atoms with Crippen molar-refractivity contribution in [2.24, 2.45) is 5.92 Å². The first-order chi connectivity index (χ1) is 7.49. The molecule has 1 aromatic carbocycles. The van der Waals surface area contributed by atoms with Gasteiger partial charge in [0.05, 0.1) is 0 Å². The van der Waals surface area contributed by atoms with Gasteiger partial charge in [0.2, 0.25) is 0 Å². The summed E-state index contributed by atoms with van der Waals surface area (Å²) >= 11 is 0. The molecule has 0 heterocycles. The molecule has 1 atom stereocenters. The van der Waals surface area contributed by atoms with Gasteiger partial charge in [0, 0.05) is 6.04 Å².